The van der Waals surface area contributed by atoms with Crippen LogP contribution in [0, 0.1) is 13.8 Å². The van der Waals surface area contributed by atoms with Crippen LogP contribution in [-0.2, 0) is 7.05 Å². The van der Waals surface area contributed by atoms with E-state index in [-0.39, 0.29) is 11.9 Å². The van der Waals surface area contributed by atoms with E-state index in [2.05, 4.69) is 31.0 Å². The van der Waals surface area contributed by atoms with Gasteiger partial charge in [0.2, 0.25) is 0 Å². The van der Waals surface area contributed by atoms with E-state index in [4.69, 9.17) is 0 Å². The predicted octanol–water partition coefficient (Wildman–Crippen LogP) is 0.0410. The molecule has 0 aliphatic heterocycles. The number of carbonyl (C=O) groups excluding carboxylic acids is 1. The molecule has 0 saturated heterocycles. The fourth-order valence-corrected chi connectivity index (χ4v) is 1.79. The van der Waals surface area contributed by atoms with Crippen LogP contribution in [0.3, 0.4) is 0 Å². The number of aromatic nitrogens is 6. The average molecular weight is 249 g/mol. The number of H-pyrrole nitrogens is 1. The molecule has 8 nitrogen and oxygen atoms in total. The molecule has 0 fully saturated rings. The van der Waals surface area contributed by atoms with Crippen LogP contribution in [0.5, 0.6) is 0 Å². The van der Waals surface area contributed by atoms with E-state index in [1.54, 1.807) is 18.5 Å². The Morgan fingerprint density at radius 3 is 2.67 bits per heavy atom. The van der Waals surface area contributed by atoms with Crippen molar-refractivity contribution >= 4 is 5.91 Å². The zero-order chi connectivity index (χ0) is 13.3. The molecule has 2 heterocycles. The van der Waals surface area contributed by atoms with E-state index >= 15 is 0 Å². The third-order valence-electron chi connectivity index (χ3n) is 2.83. The van der Waals surface area contributed by atoms with Gasteiger partial charge in [-0.1, -0.05) is 5.21 Å². The summed E-state index contributed by atoms with van der Waals surface area (Å²) < 4.78 is 1.68. The number of nitrogens with one attached hydrogen (secondary N) is 2. The Hall–Kier alpha value is -2.25. The molecule has 2 rings (SSSR count). The van der Waals surface area contributed by atoms with Crippen LogP contribution in [-0.4, -0.2) is 36.3 Å². The first-order valence-electron chi connectivity index (χ1n) is 5.55. The summed E-state index contributed by atoms with van der Waals surface area (Å²) >= 11 is 0. The second-order valence-corrected chi connectivity index (χ2v) is 4.13. The fourth-order valence-electron chi connectivity index (χ4n) is 1.79. The monoisotopic (exact) mass is 249 g/mol. The number of carbonyl (C=O) groups is 1. The molecule has 0 aliphatic rings. The van der Waals surface area contributed by atoms with Gasteiger partial charge in [0.15, 0.2) is 5.82 Å². The maximum Gasteiger partial charge on any atom is 0.255 e. The number of rotatable bonds is 3. The highest BCUT2D eigenvalue weighted by atomic mass is 16.1. The standard InChI is InChI=1S/C10H15N7O/c1-5-8(7(3)17(4)14-5)10(18)11-6(2)9-12-15-16-13-9/h6H,1-4H3,(H,11,18)(H,12,13,15,16). The SMILES string of the molecule is Cc1nn(C)c(C)c1C(=O)NC(C)c1nn[nH]n1. The minimum atomic E-state index is -0.310. The maximum atomic E-state index is 12.2. The van der Waals surface area contributed by atoms with Gasteiger partial charge in [-0.05, 0) is 20.8 Å². The minimum absolute atomic E-state index is 0.185. The molecule has 18 heavy (non-hydrogen) atoms. The zero-order valence-corrected chi connectivity index (χ0v) is 10.7. The molecule has 0 radical (unpaired) electrons. The summed E-state index contributed by atoms with van der Waals surface area (Å²) in [7, 11) is 1.81. The Bertz CT molecular complexity index is 557. The molecule has 0 aromatic carbocycles. The molecular weight excluding hydrogens is 234 g/mol. The second kappa shape index (κ2) is 4.55. The normalized spacial score (nSPS) is 12.4. The van der Waals surface area contributed by atoms with Crippen molar-refractivity contribution in [2.75, 3.05) is 0 Å². The van der Waals surface area contributed by atoms with E-state index < -0.39 is 0 Å². The molecular formula is C10H15N7O. The number of amides is 1. The number of aryl methyl sites for hydroxylation is 2. The maximum absolute atomic E-state index is 12.2. The van der Waals surface area contributed by atoms with E-state index in [1.165, 1.54) is 0 Å². The molecule has 0 aliphatic carbocycles. The Morgan fingerprint density at radius 2 is 2.17 bits per heavy atom. The van der Waals surface area contributed by atoms with Gasteiger partial charge in [0, 0.05) is 12.7 Å². The Morgan fingerprint density at radius 1 is 1.44 bits per heavy atom. The molecule has 2 aromatic heterocycles. The molecule has 8 heteroatoms. The highest BCUT2D eigenvalue weighted by Crippen LogP contribution is 2.13. The average Bonchev–Trinajstić information content (AvgIpc) is 2.88. The lowest BCUT2D eigenvalue weighted by atomic mass is 10.1. The van der Waals surface area contributed by atoms with Gasteiger partial charge >= 0.3 is 0 Å². The van der Waals surface area contributed by atoms with Gasteiger partial charge < -0.3 is 5.32 Å². The topological polar surface area (TPSA) is 101 Å². The molecule has 2 aromatic rings. The van der Waals surface area contributed by atoms with Gasteiger partial charge in [0.1, 0.15) is 0 Å². The molecule has 1 atom stereocenters. The van der Waals surface area contributed by atoms with Gasteiger partial charge in [0.25, 0.3) is 5.91 Å². The van der Waals surface area contributed by atoms with Gasteiger partial charge in [-0.15, -0.1) is 10.2 Å². The molecule has 96 valence electrons. The predicted molar refractivity (Wildman–Crippen MR) is 62.7 cm³/mol. The molecule has 0 spiro atoms. The van der Waals surface area contributed by atoms with E-state index in [0.29, 0.717) is 17.1 Å². The van der Waals surface area contributed by atoms with Gasteiger partial charge in [-0.2, -0.15) is 10.3 Å². The van der Waals surface area contributed by atoms with Crippen LogP contribution in [0.2, 0.25) is 0 Å². The summed E-state index contributed by atoms with van der Waals surface area (Å²) in [5, 5.41) is 20.5. The molecule has 0 saturated carbocycles. The van der Waals surface area contributed by atoms with Gasteiger partial charge in [0.05, 0.1) is 17.3 Å². The van der Waals surface area contributed by atoms with Crippen LogP contribution in [0.4, 0.5) is 0 Å². The van der Waals surface area contributed by atoms with Crippen molar-refractivity contribution in [1.82, 2.24) is 35.7 Å². The molecule has 1 amide bonds. The first-order valence-corrected chi connectivity index (χ1v) is 5.55. The Kier molecular flexibility index (Phi) is 3.09. The highest BCUT2D eigenvalue weighted by Gasteiger charge is 2.20. The summed E-state index contributed by atoms with van der Waals surface area (Å²) in [4.78, 5) is 12.2. The molecule has 1 unspecified atom stereocenters. The zero-order valence-electron chi connectivity index (χ0n) is 10.7. The largest absolute Gasteiger partial charge is 0.342 e. The number of hydrogen-bond donors (Lipinski definition) is 2. The molecule has 0 bridgehead atoms. The first-order chi connectivity index (χ1) is 8.50. The Labute approximate surface area is 104 Å². The Balaban J connectivity index is 2.17. The number of hydrogen-bond acceptors (Lipinski definition) is 5. The van der Waals surface area contributed by atoms with Crippen molar-refractivity contribution in [3.05, 3.63) is 22.8 Å². The summed E-state index contributed by atoms with van der Waals surface area (Å²) in [5.74, 6) is 0.262. The van der Waals surface area contributed by atoms with Gasteiger partial charge in [-0.25, -0.2) is 0 Å². The number of nitrogens with zero attached hydrogens (tertiary/aromatic N) is 5. The van der Waals surface area contributed by atoms with Crippen LogP contribution >= 0.6 is 0 Å². The van der Waals surface area contributed by atoms with E-state index in [0.717, 1.165) is 5.69 Å². The lowest BCUT2D eigenvalue weighted by Crippen LogP contribution is -2.28. The van der Waals surface area contributed by atoms with Crippen LogP contribution < -0.4 is 5.32 Å². The van der Waals surface area contributed by atoms with Crippen LogP contribution in [0.1, 0.15) is 40.5 Å². The second-order valence-electron chi connectivity index (χ2n) is 4.13. The lowest BCUT2D eigenvalue weighted by molar-refractivity contribution is 0.0937. The van der Waals surface area contributed by atoms with Crippen LogP contribution in [0.15, 0.2) is 0 Å². The van der Waals surface area contributed by atoms with E-state index in [9.17, 15) is 4.79 Å². The molecule has 2 N–H and O–H groups in total. The quantitative estimate of drug-likeness (QED) is 0.799. The fraction of sp³-hybridized carbons (Fsp3) is 0.500. The van der Waals surface area contributed by atoms with E-state index in [1.807, 2.05) is 14.0 Å². The summed E-state index contributed by atoms with van der Waals surface area (Å²) in [5.41, 5.74) is 2.12. The van der Waals surface area contributed by atoms with Crippen molar-refractivity contribution in [2.45, 2.75) is 26.8 Å². The highest BCUT2D eigenvalue weighted by molar-refractivity contribution is 5.96. The third kappa shape index (κ3) is 2.08. The van der Waals surface area contributed by atoms with Crippen molar-refractivity contribution in [3.8, 4) is 0 Å². The van der Waals surface area contributed by atoms with Crippen molar-refractivity contribution in [2.24, 2.45) is 7.05 Å². The van der Waals surface area contributed by atoms with Crippen molar-refractivity contribution in [3.63, 3.8) is 0 Å². The summed E-state index contributed by atoms with van der Waals surface area (Å²) in [6.45, 7) is 5.46. The number of tetrazole rings is 1. The minimum Gasteiger partial charge on any atom is -0.342 e. The lowest BCUT2D eigenvalue weighted by Gasteiger charge is -2.10. The third-order valence-corrected chi connectivity index (χ3v) is 2.83. The first kappa shape index (κ1) is 12.2. The smallest absolute Gasteiger partial charge is 0.255 e. The van der Waals surface area contributed by atoms with Crippen molar-refractivity contribution < 1.29 is 4.79 Å². The van der Waals surface area contributed by atoms with Gasteiger partial charge in [-0.3, -0.25) is 9.48 Å². The summed E-state index contributed by atoms with van der Waals surface area (Å²) in [6.07, 6.45) is 0. The summed E-state index contributed by atoms with van der Waals surface area (Å²) in [6, 6.07) is -0.310. The van der Waals surface area contributed by atoms with Crippen LogP contribution in [0.25, 0.3) is 0 Å². The number of aromatic amines is 1. The van der Waals surface area contributed by atoms with Crippen molar-refractivity contribution in [1.29, 1.82) is 0 Å².